The number of aliphatic hydroxyl groups excluding tert-OH is 1. The average molecular weight is 364 g/mol. The SMILES string of the molecule is C=CC(=O)N(Cc1c(Cl)cnn1C)C1CCCc2c1cnn2CCO. The summed E-state index contributed by atoms with van der Waals surface area (Å²) < 4.78 is 3.51. The highest BCUT2D eigenvalue weighted by Gasteiger charge is 2.31. The molecular weight excluding hydrogens is 342 g/mol. The van der Waals surface area contributed by atoms with E-state index in [1.54, 1.807) is 15.8 Å². The summed E-state index contributed by atoms with van der Waals surface area (Å²) >= 11 is 6.23. The Morgan fingerprint density at radius 3 is 2.96 bits per heavy atom. The van der Waals surface area contributed by atoms with Gasteiger partial charge in [-0.2, -0.15) is 10.2 Å². The van der Waals surface area contributed by atoms with Crippen molar-refractivity contribution in [2.75, 3.05) is 6.61 Å². The molecular formula is C17H22ClN5O2. The minimum absolute atomic E-state index is 0.0404. The van der Waals surface area contributed by atoms with Gasteiger partial charge in [0.15, 0.2) is 0 Å². The maximum atomic E-state index is 12.6. The number of hydrogen-bond acceptors (Lipinski definition) is 4. The maximum absolute atomic E-state index is 12.6. The number of amides is 1. The molecule has 0 saturated heterocycles. The summed E-state index contributed by atoms with van der Waals surface area (Å²) in [4.78, 5) is 14.3. The van der Waals surface area contributed by atoms with E-state index in [4.69, 9.17) is 11.6 Å². The van der Waals surface area contributed by atoms with Crippen LogP contribution < -0.4 is 0 Å². The van der Waals surface area contributed by atoms with E-state index >= 15 is 0 Å². The molecule has 3 rings (SSSR count). The lowest BCUT2D eigenvalue weighted by Crippen LogP contribution is -2.35. The Labute approximate surface area is 151 Å². The highest BCUT2D eigenvalue weighted by molar-refractivity contribution is 6.31. The van der Waals surface area contributed by atoms with Crippen LogP contribution in [0, 0.1) is 0 Å². The van der Waals surface area contributed by atoms with Crippen molar-refractivity contribution in [2.45, 2.75) is 38.4 Å². The molecule has 0 saturated carbocycles. The fraction of sp³-hybridized carbons (Fsp3) is 0.471. The zero-order chi connectivity index (χ0) is 18.0. The second-order valence-corrected chi connectivity index (χ2v) is 6.54. The molecule has 1 aliphatic rings. The molecule has 8 heteroatoms. The van der Waals surface area contributed by atoms with E-state index in [1.807, 2.05) is 17.9 Å². The molecule has 0 bridgehead atoms. The summed E-state index contributed by atoms with van der Waals surface area (Å²) in [5, 5.41) is 18.3. The Morgan fingerprint density at radius 1 is 1.52 bits per heavy atom. The van der Waals surface area contributed by atoms with Crippen molar-refractivity contribution < 1.29 is 9.90 Å². The van der Waals surface area contributed by atoms with Crippen LogP contribution in [0.3, 0.4) is 0 Å². The molecule has 1 N–H and O–H groups in total. The molecule has 0 aromatic carbocycles. The molecule has 0 radical (unpaired) electrons. The average Bonchev–Trinajstić information content (AvgIpc) is 3.17. The van der Waals surface area contributed by atoms with Crippen LogP contribution in [-0.4, -0.2) is 42.1 Å². The molecule has 0 spiro atoms. The third-order valence-electron chi connectivity index (χ3n) is 4.71. The zero-order valence-corrected chi connectivity index (χ0v) is 15.0. The minimum atomic E-state index is -0.148. The summed E-state index contributed by atoms with van der Waals surface area (Å²) in [6.07, 6.45) is 7.43. The summed E-state index contributed by atoms with van der Waals surface area (Å²) in [5.74, 6) is -0.148. The number of halogens is 1. The number of carbonyl (C=O) groups excluding carboxylic acids is 1. The molecule has 2 aromatic heterocycles. The van der Waals surface area contributed by atoms with E-state index in [-0.39, 0.29) is 18.6 Å². The Kier molecular flexibility index (Phi) is 5.24. The van der Waals surface area contributed by atoms with Crippen LogP contribution in [0.1, 0.15) is 35.8 Å². The van der Waals surface area contributed by atoms with Gasteiger partial charge in [0.2, 0.25) is 5.91 Å². The van der Waals surface area contributed by atoms with Crippen LogP contribution >= 0.6 is 11.6 Å². The second kappa shape index (κ2) is 7.41. The first kappa shape index (κ1) is 17.7. The van der Waals surface area contributed by atoms with Gasteiger partial charge in [-0.15, -0.1) is 0 Å². The maximum Gasteiger partial charge on any atom is 0.246 e. The molecule has 134 valence electrons. The van der Waals surface area contributed by atoms with Crippen molar-refractivity contribution in [3.8, 4) is 0 Å². The van der Waals surface area contributed by atoms with Gasteiger partial charge in [-0.1, -0.05) is 18.2 Å². The topological polar surface area (TPSA) is 76.2 Å². The summed E-state index contributed by atoms with van der Waals surface area (Å²) in [5.41, 5.74) is 2.91. The van der Waals surface area contributed by atoms with Crippen LogP contribution in [0.25, 0.3) is 0 Å². The number of nitrogens with zero attached hydrogens (tertiary/aromatic N) is 5. The highest BCUT2D eigenvalue weighted by Crippen LogP contribution is 2.36. The molecule has 1 unspecified atom stereocenters. The third kappa shape index (κ3) is 3.34. The van der Waals surface area contributed by atoms with Crippen LogP contribution in [-0.2, 0) is 31.4 Å². The van der Waals surface area contributed by atoms with Crippen molar-refractivity contribution in [3.05, 3.63) is 47.0 Å². The fourth-order valence-electron chi connectivity index (χ4n) is 3.44. The Balaban J connectivity index is 1.96. The number of aryl methyl sites for hydroxylation is 1. The van der Waals surface area contributed by atoms with Crippen molar-refractivity contribution >= 4 is 17.5 Å². The predicted molar refractivity (Wildman–Crippen MR) is 94.0 cm³/mol. The van der Waals surface area contributed by atoms with Crippen LogP contribution in [0.2, 0.25) is 5.02 Å². The lowest BCUT2D eigenvalue weighted by molar-refractivity contribution is -0.129. The predicted octanol–water partition coefficient (Wildman–Crippen LogP) is 1.85. The van der Waals surface area contributed by atoms with Crippen molar-refractivity contribution in [1.82, 2.24) is 24.5 Å². The first-order chi connectivity index (χ1) is 12.1. The first-order valence-electron chi connectivity index (χ1n) is 8.31. The van der Waals surface area contributed by atoms with E-state index in [1.165, 1.54) is 6.08 Å². The summed E-state index contributed by atoms with van der Waals surface area (Å²) in [6, 6.07) is -0.0901. The molecule has 0 fully saturated rings. The van der Waals surface area contributed by atoms with Crippen LogP contribution in [0.5, 0.6) is 0 Å². The zero-order valence-electron chi connectivity index (χ0n) is 14.2. The molecule has 2 aromatic rings. The smallest absolute Gasteiger partial charge is 0.246 e. The lowest BCUT2D eigenvalue weighted by Gasteiger charge is -2.34. The number of aromatic nitrogens is 4. The van der Waals surface area contributed by atoms with Gasteiger partial charge in [0, 0.05) is 18.3 Å². The van der Waals surface area contributed by atoms with E-state index < -0.39 is 0 Å². The highest BCUT2D eigenvalue weighted by atomic mass is 35.5. The second-order valence-electron chi connectivity index (χ2n) is 6.13. The van der Waals surface area contributed by atoms with Crippen molar-refractivity contribution in [1.29, 1.82) is 0 Å². The van der Waals surface area contributed by atoms with E-state index in [9.17, 15) is 9.90 Å². The molecule has 25 heavy (non-hydrogen) atoms. The number of aliphatic hydroxyl groups is 1. The largest absolute Gasteiger partial charge is 0.394 e. The van der Waals surface area contributed by atoms with Gasteiger partial charge in [0.25, 0.3) is 0 Å². The molecule has 1 aliphatic carbocycles. The van der Waals surface area contributed by atoms with Crippen LogP contribution in [0.15, 0.2) is 25.0 Å². The third-order valence-corrected chi connectivity index (χ3v) is 5.02. The quantitative estimate of drug-likeness (QED) is 0.795. The number of rotatable bonds is 6. The Morgan fingerprint density at radius 2 is 2.32 bits per heavy atom. The molecule has 1 amide bonds. The van der Waals surface area contributed by atoms with Gasteiger partial charge in [0.1, 0.15) is 0 Å². The van der Waals surface area contributed by atoms with E-state index in [2.05, 4.69) is 16.8 Å². The van der Waals surface area contributed by atoms with Crippen molar-refractivity contribution in [3.63, 3.8) is 0 Å². The first-order valence-corrected chi connectivity index (χ1v) is 8.69. The Hall–Kier alpha value is -2.12. The van der Waals surface area contributed by atoms with Gasteiger partial charge in [-0.3, -0.25) is 14.2 Å². The number of hydrogen-bond donors (Lipinski definition) is 1. The van der Waals surface area contributed by atoms with Gasteiger partial charge in [0.05, 0.1) is 48.8 Å². The van der Waals surface area contributed by atoms with Crippen LogP contribution in [0.4, 0.5) is 0 Å². The standard InChI is InChI=1S/C17H22ClN5O2/c1-3-17(25)22(11-16-13(18)10-19-21(16)2)14-5-4-6-15-12(14)9-20-23(15)7-8-24/h3,9-10,14,24H,1,4-8,11H2,2H3. The minimum Gasteiger partial charge on any atom is -0.394 e. The normalized spacial score (nSPS) is 16.5. The Bertz CT molecular complexity index is 763. The van der Waals surface area contributed by atoms with Gasteiger partial charge < -0.3 is 10.0 Å². The molecule has 0 aliphatic heterocycles. The number of carbonyl (C=O) groups is 1. The summed E-state index contributed by atoms with van der Waals surface area (Å²) in [7, 11) is 1.81. The van der Waals surface area contributed by atoms with Gasteiger partial charge in [-0.25, -0.2) is 0 Å². The lowest BCUT2D eigenvalue weighted by atomic mass is 9.91. The molecule has 2 heterocycles. The van der Waals surface area contributed by atoms with E-state index in [0.29, 0.717) is 18.1 Å². The van der Waals surface area contributed by atoms with Gasteiger partial charge in [-0.05, 0) is 25.3 Å². The van der Waals surface area contributed by atoms with Crippen molar-refractivity contribution in [2.24, 2.45) is 7.05 Å². The number of fused-ring (bicyclic) bond motifs is 1. The molecule has 1 atom stereocenters. The van der Waals surface area contributed by atoms with Gasteiger partial charge >= 0.3 is 0 Å². The van der Waals surface area contributed by atoms with E-state index in [0.717, 1.165) is 36.2 Å². The molecule has 7 nitrogen and oxygen atoms in total. The summed E-state index contributed by atoms with van der Waals surface area (Å²) in [6.45, 7) is 4.50. The monoisotopic (exact) mass is 363 g/mol. The fourth-order valence-corrected chi connectivity index (χ4v) is 3.67.